The molecule has 0 aliphatic rings. The lowest BCUT2D eigenvalue weighted by molar-refractivity contribution is -0.138. The highest BCUT2D eigenvalue weighted by molar-refractivity contribution is 5.67. The molecule has 0 aliphatic heterocycles. The Hall–Kier alpha value is -1.75. The van der Waals surface area contributed by atoms with Crippen molar-refractivity contribution in [3.63, 3.8) is 0 Å². The first-order valence-electron chi connectivity index (χ1n) is 5.73. The van der Waals surface area contributed by atoms with Gasteiger partial charge in [0.25, 0.3) is 0 Å². The number of nitrogens with two attached hydrogens (primary N) is 1. The summed E-state index contributed by atoms with van der Waals surface area (Å²) in [6.07, 6.45) is 0.688. The zero-order valence-corrected chi connectivity index (χ0v) is 10.7. The van der Waals surface area contributed by atoms with E-state index >= 15 is 0 Å². The molecule has 0 amide bonds. The summed E-state index contributed by atoms with van der Waals surface area (Å²) in [4.78, 5) is 10.7. The minimum Gasteiger partial charge on any atom is -0.493 e. The molecule has 18 heavy (non-hydrogen) atoms. The molecule has 5 heteroatoms. The van der Waals surface area contributed by atoms with E-state index in [0.717, 1.165) is 5.56 Å². The van der Waals surface area contributed by atoms with Crippen LogP contribution in [-0.4, -0.2) is 31.8 Å². The van der Waals surface area contributed by atoms with Crippen LogP contribution in [0.3, 0.4) is 0 Å². The molecule has 0 aromatic heterocycles. The Morgan fingerprint density at radius 1 is 1.33 bits per heavy atom. The van der Waals surface area contributed by atoms with E-state index in [2.05, 4.69) is 0 Å². The normalized spacial score (nSPS) is 11.9. The summed E-state index contributed by atoms with van der Waals surface area (Å²) in [6.45, 7) is 0.348. The number of benzene rings is 1. The Bertz CT molecular complexity index is 406. The third kappa shape index (κ3) is 3.92. The van der Waals surface area contributed by atoms with Gasteiger partial charge in [0.2, 0.25) is 0 Å². The predicted molar refractivity (Wildman–Crippen MR) is 68.0 cm³/mol. The van der Waals surface area contributed by atoms with Crippen molar-refractivity contribution in [2.45, 2.75) is 12.8 Å². The van der Waals surface area contributed by atoms with Gasteiger partial charge in [-0.2, -0.15) is 0 Å². The average Bonchev–Trinajstić information content (AvgIpc) is 2.37. The van der Waals surface area contributed by atoms with Crippen molar-refractivity contribution in [2.24, 2.45) is 11.7 Å². The van der Waals surface area contributed by atoms with E-state index in [1.807, 2.05) is 18.2 Å². The molecule has 0 saturated heterocycles. The van der Waals surface area contributed by atoms with Gasteiger partial charge in [-0.3, -0.25) is 4.79 Å². The molecule has 0 spiro atoms. The molecule has 0 saturated carbocycles. The van der Waals surface area contributed by atoms with Crippen molar-refractivity contribution >= 4 is 5.97 Å². The summed E-state index contributed by atoms with van der Waals surface area (Å²) < 4.78 is 10.3. The fraction of sp³-hybridized carbons (Fsp3) is 0.462. The predicted octanol–water partition coefficient (Wildman–Crippen LogP) is 1.30. The lowest BCUT2D eigenvalue weighted by Crippen LogP contribution is -2.20. The van der Waals surface area contributed by atoms with E-state index in [1.54, 1.807) is 14.2 Å². The number of aliphatic carboxylic acids is 1. The van der Waals surface area contributed by atoms with Gasteiger partial charge < -0.3 is 20.3 Å². The van der Waals surface area contributed by atoms with Gasteiger partial charge in [-0.1, -0.05) is 6.07 Å². The first kappa shape index (κ1) is 14.3. The van der Waals surface area contributed by atoms with Gasteiger partial charge in [0.15, 0.2) is 11.5 Å². The van der Waals surface area contributed by atoms with Crippen LogP contribution >= 0.6 is 0 Å². The van der Waals surface area contributed by atoms with Gasteiger partial charge in [0.05, 0.1) is 14.2 Å². The van der Waals surface area contributed by atoms with Gasteiger partial charge in [-0.15, -0.1) is 0 Å². The molecule has 1 atom stereocenters. The summed E-state index contributed by atoms with van der Waals surface area (Å²) in [5.74, 6) is 0.399. The number of carboxylic acids is 1. The van der Waals surface area contributed by atoms with Crippen LogP contribution in [0.4, 0.5) is 0 Å². The zero-order valence-electron chi connectivity index (χ0n) is 10.7. The Labute approximate surface area is 107 Å². The molecule has 0 heterocycles. The highest BCUT2D eigenvalue weighted by atomic mass is 16.5. The van der Waals surface area contributed by atoms with Crippen molar-refractivity contribution in [3.8, 4) is 11.5 Å². The number of carboxylic acid groups (broad SMARTS) is 1. The van der Waals surface area contributed by atoms with Crippen LogP contribution in [-0.2, 0) is 11.2 Å². The van der Waals surface area contributed by atoms with E-state index in [4.69, 9.17) is 20.3 Å². The molecule has 0 aliphatic carbocycles. The Morgan fingerprint density at radius 3 is 2.50 bits per heavy atom. The number of carbonyl (C=O) groups is 1. The molecule has 3 N–H and O–H groups in total. The zero-order chi connectivity index (χ0) is 13.5. The van der Waals surface area contributed by atoms with E-state index in [9.17, 15) is 4.79 Å². The minimum absolute atomic E-state index is 0.0689. The quantitative estimate of drug-likeness (QED) is 0.765. The first-order valence-corrected chi connectivity index (χ1v) is 5.73. The summed E-state index contributed by atoms with van der Waals surface area (Å²) in [6, 6.07) is 5.55. The van der Waals surface area contributed by atoms with Gasteiger partial charge >= 0.3 is 5.97 Å². The van der Waals surface area contributed by atoms with E-state index in [0.29, 0.717) is 24.5 Å². The third-order valence-electron chi connectivity index (χ3n) is 2.77. The molecular weight excluding hydrogens is 234 g/mol. The van der Waals surface area contributed by atoms with E-state index in [-0.39, 0.29) is 12.3 Å². The molecule has 1 aromatic carbocycles. The van der Waals surface area contributed by atoms with Gasteiger partial charge in [0.1, 0.15) is 0 Å². The van der Waals surface area contributed by atoms with Gasteiger partial charge in [0, 0.05) is 6.42 Å². The average molecular weight is 253 g/mol. The molecule has 5 nitrogen and oxygen atoms in total. The SMILES string of the molecule is COc1ccc(C[C@@H](CN)CC(=O)O)cc1OC. The maximum atomic E-state index is 10.7. The molecule has 0 fully saturated rings. The van der Waals surface area contributed by atoms with Gasteiger partial charge in [-0.05, 0) is 36.6 Å². The Balaban J connectivity index is 2.80. The van der Waals surface area contributed by atoms with Crippen LogP contribution < -0.4 is 15.2 Å². The van der Waals surface area contributed by atoms with Crippen LogP contribution in [0.25, 0.3) is 0 Å². The highest BCUT2D eigenvalue weighted by Gasteiger charge is 2.13. The Morgan fingerprint density at radius 2 is 2.00 bits per heavy atom. The minimum atomic E-state index is -0.828. The fourth-order valence-electron chi connectivity index (χ4n) is 1.83. The Kier molecular flexibility index (Phi) is 5.45. The largest absolute Gasteiger partial charge is 0.493 e. The van der Waals surface area contributed by atoms with Crippen molar-refractivity contribution in [2.75, 3.05) is 20.8 Å². The third-order valence-corrected chi connectivity index (χ3v) is 2.77. The second kappa shape index (κ2) is 6.86. The maximum absolute atomic E-state index is 10.7. The second-order valence-electron chi connectivity index (χ2n) is 4.09. The standard InChI is InChI=1S/C13H19NO4/c1-17-11-4-3-9(6-12(11)18-2)5-10(8-14)7-13(15)16/h3-4,6,10H,5,7-8,14H2,1-2H3,(H,15,16)/t10-/m1/s1. The summed E-state index contributed by atoms with van der Waals surface area (Å²) in [5.41, 5.74) is 6.57. The van der Waals surface area contributed by atoms with Crippen molar-refractivity contribution < 1.29 is 19.4 Å². The molecule has 100 valence electrons. The molecule has 0 radical (unpaired) electrons. The van der Waals surface area contributed by atoms with Crippen LogP contribution in [0.5, 0.6) is 11.5 Å². The topological polar surface area (TPSA) is 81.8 Å². The smallest absolute Gasteiger partial charge is 0.303 e. The maximum Gasteiger partial charge on any atom is 0.303 e. The van der Waals surface area contributed by atoms with Crippen LogP contribution in [0.15, 0.2) is 18.2 Å². The number of methoxy groups -OCH3 is 2. The number of hydrogen-bond donors (Lipinski definition) is 2. The molecule has 1 rings (SSSR count). The van der Waals surface area contributed by atoms with Crippen LogP contribution in [0.1, 0.15) is 12.0 Å². The molecular formula is C13H19NO4. The lowest BCUT2D eigenvalue weighted by Gasteiger charge is -2.14. The second-order valence-corrected chi connectivity index (χ2v) is 4.09. The molecule has 1 aromatic rings. The van der Waals surface area contributed by atoms with Crippen LogP contribution in [0.2, 0.25) is 0 Å². The van der Waals surface area contributed by atoms with Crippen LogP contribution in [0, 0.1) is 5.92 Å². The number of ether oxygens (including phenoxy) is 2. The first-order chi connectivity index (χ1) is 8.60. The number of hydrogen-bond acceptors (Lipinski definition) is 4. The summed E-state index contributed by atoms with van der Waals surface area (Å²) in [7, 11) is 3.14. The number of rotatable bonds is 7. The van der Waals surface area contributed by atoms with E-state index in [1.165, 1.54) is 0 Å². The van der Waals surface area contributed by atoms with E-state index < -0.39 is 5.97 Å². The van der Waals surface area contributed by atoms with Gasteiger partial charge in [-0.25, -0.2) is 0 Å². The van der Waals surface area contributed by atoms with Crippen molar-refractivity contribution in [1.29, 1.82) is 0 Å². The lowest BCUT2D eigenvalue weighted by atomic mass is 9.96. The molecule has 0 bridgehead atoms. The van der Waals surface area contributed by atoms with Crippen molar-refractivity contribution in [3.05, 3.63) is 23.8 Å². The monoisotopic (exact) mass is 253 g/mol. The molecule has 0 unspecified atom stereocenters. The van der Waals surface area contributed by atoms with Crippen molar-refractivity contribution in [1.82, 2.24) is 0 Å². The highest BCUT2D eigenvalue weighted by Crippen LogP contribution is 2.28. The fourth-order valence-corrected chi connectivity index (χ4v) is 1.83. The summed E-state index contributed by atoms with van der Waals surface area (Å²) in [5, 5.41) is 8.78. The summed E-state index contributed by atoms with van der Waals surface area (Å²) >= 11 is 0.